The van der Waals surface area contributed by atoms with E-state index in [1.807, 2.05) is 34.2 Å². The number of carbonyl (C=O) groups is 1. The summed E-state index contributed by atoms with van der Waals surface area (Å²) in [6.07, 6.45) is 0. The van der Waals surface area contributed by atoms with Crippen LogP contribution in [0, 0.1) is 5.82 Å². The van der Waals surface area contributed by atoms with Crippen LogP contribution >= 0.6 is 11.3 Å². The Kier molecular flexibility index (Phi) is 6.16. The fourth-order valence-electron chi connectivity index (χ4n) is 2.64. The van der Waals surface area contributed by atoms with Gasteiger partial charge in [0.15, 0.2) is 4.80 Å². The Morgan fingerprint density at radius 2 is 2.04 bits per heavy atom. The second-order valence-corrected chi connectivity index (χ2v) is 6.73. The van der Waals surface area contributed by atoms with E-state index in [0.29, 0.717) is 18.8 Å². The van der Waals surface area contributed by atoms with Crippen LogP contribution in [0.2, 0.25) is 0 Å². The van der Waals surface area contributed by atoms with Gasteiger partial charge in [-0.05, 0) is 48.0 Å². The molecule has 5 nitrogen and oxygen atoms in total. The minimum absolute atomic E-state index is 0.128. The summed E-state index contributed by atoms with van der Waals surface area (Å²) in [4.78, 5) is 16.8. The van der Waals surface area contributed by atoms with E-state index in [4.69, 9.17) is 9.73 Å². The fraction of sp³-hybridized carbons (Fsp3) is 0.200. The van der Waals surface area contributed by atoms with Crippen molar-refractivity contribution in [3.63, 3.8) is 0 Å². The van der Waals surface area contributed by atoms with Crippen LogP contribution in [-0.4, -0.2) is 24.2 Å². The third kappa shape index (κ3) is 4.90. The summed E-state index contributed by atoms with van der Waals surface area (Å²) in [5.74, 6) is -0.394. The Bertz CT molecular complexity index is 993. The van der Waals surface area contributed by atoms with Crippen molar-refractivity contribution in [2.24, 2.45) is 4.99 Å². The van der Waals surface area contributed by atoms with E-state index in [-0.39, 0.29) is 11.7 Å². The summed E-state index contributed by atoms with van der Waals surface area (Å²) in [5.41, 5.74) is 3.30. The van der Waals surface area contributed by atoms with E-state index >= 15 is 0 Å². The first kappa shape index (κ1) is 19.0. The van der Waals surface area contributed by atoms with Gasteiger partial charge in [-0.15, -0.1) is 11.3 Å². The molecule has 3 rings (SSSR count). The molecule has 0 unspecified atom stereocenters. The molecule has 1 amide bonds. The molecule has 0 bridgehead atoms. The number of hydrogen-bond acceptors (Lipinski definition) is 4. The lowest BCUT2D eigenvalue weighted by atomic mass is 10.2. The molecule has 1 heterocycles. The highest BCUT2D eigenvalue weighted by molar-refractivity contribution is 7.07. The number of aromatic nitrogens is 1. The molecule has 0 aliphatic heterocycles. The molecule has 0 fully saturated rings. The van der Waals surface area contributed by atoms with Crippen LogP contribution in [0.4, 0.5) is 15.8 Å². The number of rotatable bonds is 6. The van der Waals surface area contributed by atoms with E-state index in [0.717, 1.165) is 21.7 Å². The SMILES string of the molecule is COCCn1c(-c2ccc(F)cc2)csc1=Nc1cccc(NC(C)=O)c1. The van der Waals surface area contributed by atoms with Gasteiger partial charge in [0.25, 0.3) is 0 Å². The van der Waals surface area contributed by atoms with E-state index in [2.05, 4.69) is 5.32 Å². The predicted molar refractivity (Wildman–Crippen MR) is 106 cm³/mol. The van der Waals surface area contributed by atoms with Crippen LogP contribution in [0.5, 0.6) is 0 Å². The Labute approximate surface area is 160 Å². The van der Waals surface area contributed by atoms with Crippen LogP contribution in [0.3, 0.4) is 0 Å². The molecule has 7 heteroatoms. The summed E-state index contributed by atoms with van der Waals surface area (Å²) in [6, 6.07) is 13.8. The molecule has 0 saturated carbocycles. The standard InChI is InChI=1S/C20H20FN3O2S/c1-14(25)22-17-4-3-5-18(12-17)23-20-24(10-11-26-2)19(13-27-20)15-6-8-16(21)9-7-15/h3-9,12-13H,10-11H2,1-2H3,(H,22,25). The summed E-state index contributed by atoms with van der Waals surface area (Å²) >= 11 is 1.50. The van der Waals surface area contributed by atoms with Gasteiger partial charge in [0.2, 0.25) is 5.91 Å². The zero-order chi connectivity index (χ0) is 19.2. The van der Waals surface area contributed by atoms with Gasteiger partial charge >= 0.3 is 0 Å². The highest BCUT2D eigenvalue weighted by Gasteiger charge is 2.08. The molecule has 0 radical (unpaired) electrons. The number of nitrogens with zero attached hydrogens (tertiary/aromatic N) is 2. The molecule has 0 saturated heterocycles. The van der Waals surface area contributed by atoms with Gasteiger partial charge in [-0.1, -0.05) is 6.07 Å². The van der Waals surface area contributed by atoms with Crippen LogP contribution < -0.4 is 10.1 Å². The summed E-state index contributed by atoms with van der Waals surface area (Å²) in [7, 11) is 1.65. The van der Waals surface area contributed by atoms with Crippen LogP contribution in [0.15, 0.2) is 58.9 Å². The molecule has 1 N–H and O–H groups in total. The van der Waals surface area contributed by atoms with Crippen molar-refractivity contribution < 1.29 is 13.9 Å². The lowest BCUT2D eigenvalue weighted by Gasteiger charge is -2.09. The van der Waals surface area contributed by atoms with Gasteiger partial charge in [-0.3, -0.25) is 4.79 Å². The van der Waals surface area contributed by atoms with Crippen molar-refractivity contribution in [1.29, 1.82) is 0 Å². The number of anilines is 1. The summed E-state index contributed by atoms with van der Waals surface area (Å²) < 4.78 is 20.5. The largest absolute Gasteiger partial charge is 0.383 e. The number of methoxy groups -OCH3 is 1. The maximum atomic E-state index is 13.3. The average Bonchev–Trinajstić information content (AvgIpc) is 3.03. The number of thiazole rings is 1. The fourth-order valence-corrected chi connectivity index (χ4v) is 3.59. The van der Waals surface area contributed by atoms with Crippen molar-refractivity contribution in [2.75, 3.05) is 19.0 Å². The number of nitrogens with one attached hydrogen (secondary N) is 1. The van der Waals surface area contributed by atoms with Gasteiger partial charge in [0, 0.05) is 31.6 Å². The molecule has 0 aliphatic carbocycles. The molecule has 140 valence electrons. The van der Waals surface area contributed by atoms with E-state index in [9.17, 15) is 9.18 Å². The number of ether oxygens (including phenoxy) is 1. The second kappa shape index (κ2) is 8.75. The summed E-state index contributed by atoms with van der Waals surface area (Å²) in [6.45, 7) is 2.62. The quantitative estimate of drug-likeness (QED) is 0.692. The third-order valence-corrected chi connectivity index (χ3v) is 4.71. The smallest absolute Gasteiger partial charge is 0.221 e. The number of hydrogen-bond donors (Lipinski definition) is 1. The molecule has 0 spiro atoms. The lowest BCUT2D eigenvalue weighted by Crippen LogP contribution is -2.18. The summed E-state index contributed by atoms with van der Waals surface area (Å²) in [5, 5.41) is 4.76. The maximum Gasteiger partial charge on any atom is 0.221 e. The van der Waals surface area contributed by atoms with Crippen LogP contribution in [0.25, 0.3) is 11.3 Å². The van der Waals surface area contributed by atoms with Gasteiger partial charge in [0.1, 0.15) is 5.82 Å². The Morgan fingerprint density at radius 1 is 1.26 bits per heavy atom. The minimum atomic E-state index is -0.267. The number of halogens is 1. The third-order valence-electron chi connectivity index (χ3n) is 3.85. The van der Waals surface area contributed by atoms with Crippen molar-refractivity contribution in [2.45, 2.75) is 13.5 Å². The number of benzene rings is 2. The molecule has 0 atom stereocenters. The first-order valence-electron chi connectivity index (χ1n) is 8.42. The van der Waals surface area contributed by atoms with E-state index in [1.165, 1.54) is 30.4 Å². The lowest BCUT2D eigenvalue weighted by molar-refractivity contribution is -0.114. The van der Waals surface area contributed by atoms with E-state index in [1.54, 1.807) is 19.2 Å². The van der Waals surface area contributed by atoms with Gasteiger partial charge in [-0.2, -0.15) is 0 Å². The molecule has 3 aromatic rings. The second-order valence-electron chi connectivity index (χ2n) is 5.90. The minimum Gasteiger partial charge on any atom is -0.383 e. The molecular formula is C20H20FN3O2S. The molecule has 27 heavy (non-hydrogen) atoms. The molecule has 2 aromatic carbocycles. The topological polar surface area (TPSA) is 55.6 Å². The van der Waals surface area contributed by atoms with Crippen molar-refractivity contribution in [3.8, 4) is 11.3 Å². The van der Waals surface area contributed by atoms with Gasteiger partial charge in [-0.25, -0.2) is 9.38 Å². The average molecular weight is 385 g/mol. The Morgan fingerprint density at radius 3 is 2.74 bits per heavy atom. The first-order chi connectivity index (χ1) is 13.1. The van der Waals surface area contributed by atoms with Crippen molar-refractivity contribution in [1.82, 2.24) is 4.57 Å². The first-order valence-corrected chi connectivity index (χ1v) is 9.30. The number of amides is 1. The van der Waals surface area contributed by atoms with Gasteiger partial charge < -0.3 is 14.6 Å². The zero-order valence-corrected chi connectivity index (χ0v) is 15.9. The predicted octanol–water partition coefficient (Wildman–Crippen LogP) is 4.19. The van der Waals surface area contributed by atoms with Crippen molar-refractivity contribution >= 4 is 28.6 Å². The highest BCUT2D eigenvalue weighted by Crippen LogP contribution is 2.22. The van der Waals surface area contributed by atoms with Gasteiger partial charge in [0.05, 0.1) is 18.0 Å². The zero-order valence-electron chi connectivity index (χ0n) is 15.1. The Hall–Kier alpha value is -2.77. The van der Waals surface area contributed by atoms with Crippen molar-refractivity contribution in [3.05, 3.63) is 64.5 Å². The Balaban J connectivity index is 2.03. The normalized spacial score (nSPS) is 11.6. The number of carbonyl (C=O) groups excluding carboxylic acids is 1. The molecular weight excluding hydrogens is 365 g/mol. The highest BCUT2D eigenvalue weighted by atomic mass is 32.1. The molecule has 1 aromatic heterocycles. The maximum absolute atomic E-state index is 13.3. The monoisotopic (exact) mass is 385 g/mol. The molecule has 0 aliphatic rings. The van der Waals surface area contributed by atoms with E-state index < -0.39 is 0 Å². The van der Waals surface area contributed by atoms with Crippen LogP contribution in [0.1, 0.15) is 6.92 Å². The van der Waals surface area contributed by atoms with Crippen LogP contribution in [-0.2, 0) is 16.1 Å².